The Hall–Kier alpha value is -1.69. The van der Waals surface area contributed by atoms with Gasteiger partial charge in [-0.05, 0) is 13.8 Å². The van der Waals surface area contributed by atoms with Crippen LogP contribution < -0.4 is 10.1 Å². The Labute approximate surface area is 106 Å². The summed E-state index contributed by atoms with van der Waals surface area (Å²) < 4.78 is 10.5. The Morgan fingerprint density at radius 3 is 3.00 bits per heavy atom. The maximum atomic E-state index is 11.4. The van der Waals surface area contributed by atoms with Gasteiger partial charge >= 0.3 is 5.97 Å². The predicted molar refractivity (Wildman–Crippen MR) is 64.3 cm³/mol. The van der Waals surface area contributed by atoms with E-state index in [-0.39, 0.29) is 18.1 Å². The predicted octanol–water partition coefficient (Wildman–Crippen LogP) is 0.376. The Morgan fingerprint density at radius 2 is 2.28 bits per heavy atom. The molecular formula is C12H17N3O3. The van der Waals surface area contributed by atoms with Crippen LogP contribution in [0.3, 0.4) is 0 Å². The second kappa shape index (κ2) is 5.30. The average Bonchev–Trinajstić information content (AvgIpc) is 2.81. The molecule has 0 radical (unpaired) electrons. The molecule has 1 aromatic heterocycles. The Bertz CT molecular complexity index is 450. The van der Waals surface area contributed by atoms with E-state index in [1.165, 1.54) is 7.11 Å². The fraction of sp³-hybridized carbons (Fsp3) is 0.583. The molecule has 6 heteroatoms. The highest BCUT2D eigenvalue weighted by Crippen LogP contribution is 2.18. The normalized spacial score (nSPS) is 22.8. The van der Waals surface area contributed by atoms with Crippen molar-refractivity contribution in [1.82, 2.24) is 15.3 Å². The molecule has 1 N–H and O–H groups in total. The number of aryl methyl sites for hydroxylation is 2. The second-order valence-corrected chi connectivity index (χ2v) is 4.36. The summed E-state index contributed by atoms with van der Waals surface area (Å²) in [5, 5.41) is 3.06. The van der Waals surface area contributed by atoms with Crippen LogP contribution in [0.5, 0.6) is 5.88 Å². The quantitative estimate of drug-likeness (QED) is 0.783. The molecule has 0 saturated carbocycles. The summed E-state index contributed by atoms with van der Waals surface area (Å²) in [6.07, 6.45) is 2.21. The smallest absolute Gasteiger partial charge is 0.323 e. The van der Waals surface area contributed by atoms with Crippen LogP contribution in [0.15, 0.2) is 6.20 Å². The summed E-state index contributed by atoms with van der Waals surface area (Å²) >= 11 is 0. The number of aromatic nitrogens is 2. The molecule has 98 valence electrons. The van der Waals surface area contributed by atoms with Gasteiger partial charge in [-0.25, -0.2) is 4.98 Å². The summed E-state index contributed by atoms with van der Waals surface area (Å²) in [6.45, 7) is 4.32. The minimum atomic E-state index is -0.293. The number of hydrogen-bond donors (Lipinski definition) is 1. The van der Waals surface area contributed by atoms with Crippen molar-refractivity contribution < 1.29 is 14.3 Å². The van der Waals surface area contributed by atoms with Gasteiger partial charge in [-0.15, -0.1) is 0 Å². The van der Waals surface area contributed by atoms with Gasteiger partial charge < -0.3 is 14.8 Å². The lowest BCUT2D eigenvalue weighted by atomic mass is 10.2. The lowest BCUT2D eigenvalue weighted by molar-refractivity contribution is -0.142. The molecule has 0 amide bonds. The van der Waals surface area contributed by atoms with Gasteiger partial charge in [-0.2, -0.15) is 0 Å². The topological polar surface area (TPSA) is 73.3 Å². The van der Waals surface area contributed by atoms with E-state index in [4.69, 9.17) is 9.47 Å². The van der Waals surface area contributed by atoms with Crippen LogP contribution in [0.25, 0.3) is 0 Å². The summed E-state index contributed by atoms with van der Waals surface area (Å²) in [6, 6.07) is -0.293. The minimum absolute atomic E-state index is 0.0797. The highest BCUT2D eigenvalue weighted by Gasteiger charge is 2.31. The van der Waals surface area contributed by atoms with Crippen LogP contribution >= 0.6 is 0 Å². The molecule has 1 saturated heterocycles. The summed E-state index contributed by atoms with van der Waals surface area (Å²) in [5.74, 6) is 0.278. The molecule has 1 aliphatic heterocycles. The van der Waals surface area contributed by atoms with Gasteiger partial charge in [0.2, 0.25) is 5.88 Å². The zero-order valence-corrected chi connectivity index (χ0v) is 10.8. The maximum absolute atomic E-state index is 11.4. The zero-order valence-electron chi connectivity index (χ0n) is 10.8. The van der Waals surface area contributed by atoms with Crippen LogP contribution in [-0.2, 0) is 9.53 Å². The summed E-state index contributed by atoms with van der Waals surface area (Å²) in [4.78, 5) is 19.9. The molecule has 0 aliphatic carbocycles. The van der Waals surface area contributed by atoms with Gasteiger partial charge in [-0.1, -0.05) is 0 Å². The van der Waals surface area contributed by atoms with Gasteiger partial charge in [0, 0.05) is 19.2 Å². The molecule has 2 atom stereocenters. The van der Waals surface area contributed by atoms with Crippen molar-refractivity contribution in [3.05, 3.63) is 17.6 Å². The molecule has 1 fully saturated rings. The molecule has 2 unspecified atom stereocenters. The van der Waals surface area contributed by atoms with E-state index in [1.54, 1.807) is 6.20 Å². The molecule has 2 heterocycles. The van der Waals surface area contributed by atoms with Crippen LogP contribution in [-0.4, -0.2) is 41.7 Å². The third kappa shape index (κ3) is 2.76. The molecule has 6 nitrogen and oxygen atoms in total. The number of ether oxygens (including phenoxy) is 2. The van der Waals surface area contributed by atoms with Crippen molar-refractivity contribution in [2.45, 2.75) is 32.4 Å². The molecule has 0 aromatic carbocycles. The van der Waals surface area contributed by atoms with Crippen molar-refractivity contribution in [2.75, 3.05) is 13.7 Å². The Balaban J connectivity index is 1.99. The number of methoxy groups -OCH3 is 1. The number of hydrogen-bond acceptors (Lipinski definition) is 6. The van der Waals surface area contributed by atoms with Gasteiger partial charge in [0.1, 0.15) is 12.1 Å². The van der Waals surface area contributed by atoms with Crippen LogP contribution in [0.1, 0.15) is 17.8 Å². The van der Waals surface area contributed by atoms with E-state index in [9.17, 15) is 4.79 Å². The summed E-state index contributed by atoms with van der Waals surface area (Å²) in [5.41, 5.74) is 1.56. The van der Waals surface area contributed by atoms with Gasteiger partial charge in [-0.3, -0.25) is 9.78 Å². The van der Waals surface area contributed by atoms with Crippen LogP contribution in [0, 0.1) is 13.8 Å². The van der Waals surface area contributed by atoms with E-state index in [0.717, 1.165) is 11.4 Å². The largest absolute Gasteiger partial charge is 0.472 e. The monoisotopic (exact) mass is 251 g/mol. The molecule has 1 aliphatic rings. The number of carbonyl (C=O) groups excluding carboxylic acids is 1. The van der Waals surface area contributed by atoms with Crippen molar-refractivity contribution in [2.24, 2.45) is 0 Å². The lowest BCUT2D eigenvalue weighted by Crippen LogP contribution is -2.31. The van der Waals surface area contributed by atoms with Crippen molar-refractivity contribution >= 4 is 5.97 Å². The van der Waals surface area contributed by atoms with Crippen LogP contribution in [0.4, 0.5) is 0 Å². The Morgan fingerprint density at radius 1 is 1.50 bits per heavy atom. The first-order valence-corrected chi connectivity index (χ1v) is 5.88. The standard InChI is InChI=1S/C12H17N3O3/c1-7-5-13-8(2)11(15-7)18-9-4-10(14-6-9)12(16)17-3/h5,9-10,14H,4,6H2,1-3H3. The first-order chi connectivity index (χ1) is 8.60. The molecule has 1 aromatic rings. The molecule has 2 rings (SSSR count). The van der Waals surface area contributed by atoms with E-state index in [2.05, 4.69) is 15.3 Å². The van der Waals surface area contributed by atoms with E-state index >= 15 is 0 Å². The number of rotatable bonds is 3. The minimum Gasteiger partial charge on any atom is -0.472 e. The SMILES string of the molecule is COC(=O)C1CC(Oc2nc(C)cnc2C)CN1. The third-order valence-electron chi connectivity index (χ3n) is 2.89. The van der Waals surface area contributed by atoms with Crippen molar-refractivity contribution in [3.8, 4) is 5.88 Å². The van der Waals surface area contributed by atoms with Gasteiger partial charge in [0.25, 0.3) is 0 Å². The zero-order chi connectivity index (χ0) is 13.1. The maximum Gasteiger partial charge on any atom is 0.323 e. The first-order valence-electron chi connectivity index (χ1n) is 5.88. The average molecular weight is 251 g/mol. The van der Waals surface area contributed by atoms with E-state index in [0.29, 0.717) is 18.8 Å². The van der Waals surface area contributed by atoms with Crippen molar-refractivity contribution in [1.29, 1.82) is 0 Å². The second-order valence-electron chi connectivity index (χ2n) is 4.36. The van der Waals surface area contributed by atoms with Crippen molar-refractivity contribution in [3.63, 3.8) is 0 Å². The fourth-order valence-electron chi connectivity index (χ4n) is 1.90. The molecule has 0 bridgehead atoms. The molecule has 18 heavy (non-hydrogen) atoms. The number of esters is 1. The first kappa shape index (κ1) is 12.8. The number of carbonyl (C=O) groups is 1. The van der Waals surface area contributed by atoms with Gasteiger partial charge in [0.15, 0.2) is 0 Å². The molecular weight excluding hydrogens is 234 g/mol. The van der Waals surface area contributed by atoms with Gasteiger partial charge in [0.05, 0.1) is 18.5 Å². The molecule has 0 spiro atoms. The van der Waals surface area contributed by atoms with Crippen LogP contribution in [0.2, 0.25) is 0 Å². The summed E-state index contributed by atoms with van der Waals surface area (Å²) in [7, 11) is 1.38. The fourth-order valence-corrected chi connectivity index (χ4v) is 1.90. The van der Waals surface area contributed by atoms with E-state index in [1.807, 2.05) is 13.8 Å². The number of nitrogens with zero attached hydrogens (tertiary/aromatic N) is 2. The lowest BCUT2D eigenvalue weighted by Gasteiger charge is -2.13. The Kier molecular flexibility index (Phi) is 3.76. The third-order valence-corrected chi connectivity index (χ3v) is 2.89. The number of nitrogens with one attached hydrogen (secondary N) is 1. The van der Waals surface area contributed by atoms with E-state index < -0.39 is 0 Å². The highest BCUT2D eigenvalue weighted by atomic mass is 16.5. The highest BCUT2D eigenvalue weighted by molar-refractivity contribution is 5.76.